The zero-order valence-corrected chi connectivity index (χ0v) is 8.29. The topological polar surface area (TPSA) is 113 Å². The van der Waals surface area contributed by atoms with Crippen LogP contribution in [0.3, 0.4) is 0 Å². The fraction of sp³-hybridized carbons (Fsp3) is 0.143. The zero-order valence-electron chi connectivity index (χ0n) is 7.40. The summed E-state index contributed by atoms with van der Waals surface area (Å²) < 4.78 is 14.3. The van der Waals surface area contributed by atoms with Gasteiger partial charge in [-0.05, 0) is 17.7 Å². The third kappa shape index (κ3) is 4.18. The molecule has 7 nitrogen and oxygen atoms in total. The molecule has 1 unspecified atom stereocenters. The van der Waals surface area contributed by atoms with Crippen LogP contribution in [0.5, 0.6) is 0 Å². The average Bonchev–Trinajstić information content (AvgIpc) is 2.14. The molecule has 0 aromatic heterocycles. The predicted molar refractivity (Wildman–Crippen MR) is 47.7 cm³/mol. The van der Waals surface area contributed by atoms with Crippen molar-refractivity contribution in [3.63, 3.8) is 0 Å². The van der Waals surface area contributed by atoms with Crippen molar-refractivity contribution in [3.8, 4) is 0 Å². The van der Waals surface area contributed by atoms with Crippen LogP contribution in [-0.4, -0.2) is 9.82 Å². The standard InChI is InChI=1S/C7H8NO6P/c9-8(10)7-3-1-6(2-4-7)5-14-15(11,12)13/h1-4H,5H2,(H2,11,12,13)/p-1. The van der Waals surface area contributed by atoms with Crippen molar-refractivity contribution in [1.82, 2.24) is 0 Å². The summed E-state index contributed by atoms with van der Waals surface area (Å²) in [5.41, 5.74) is 0.304. The van der Waals surface area contributed by atoms with Gasteiger partial charge >= 0.3 is 0 Å². The normalized spacial score (nSPS) is 14.5. The number of benzene rings is 1. The van der Waals surface area contributed by atoms with Crippen LogP contribution in [0.4, 0.5) is 5.69 Å². The Balaban J connectivity index is 2.65. The summed E-state index contributed by atoms with van der Waals surface area (Å²) in [5.74, 6) is 0. The molecular formula is C7H7NO6P-. The lowest BCUT2D eigenvalue weighted by atomic mass is 10.2. The number of non-ortho nitro benzene ring substituents is 1. The van der Waals surface area contributed by atoms with Crippen molar-refractivity contribution in [2.45, 2.75) is 6.61 Å². The average molecular weight is 232 g/mol. The first-order valence-corrected chi connectivity index (χ1v) is 5.30. The van der Waals surface area contributed by atoms with Crippen LogP contribution in [0.1, 0.15) is 5.56 Å². The van der Waals surface area contributed by atoms with Gasteiger partial charge < -0.3 is 14.3 Å². The Kier molecular flexibility index (Phi) is 3.54. The highest BCUT2D eigenvalue weighted by molar-refractivity contribution is 7.44. The Bertz CT molecular complexity index is 396. The fourth-order valence-electron chi connectivity index (χ4n) is 0.870. The van der Waals surface area contributed by atoms with Crippen molar-refractivity contribution < 1.29 is 23.8 Å². The van der Waals surface area contributed by atoms with Gasteiger partial charge in [0.15, 0.2) is 0 Å². The number of phosphoric ester groups is 1. The van der Waals surface area contributed by atoms with E-state index in [1.807, 2.05) is 0 Å². The lowest BCUT2D eigenvalue weighted by molar-refractivity contribution is -0.384. The smallest absolute Gasteiger partial charge is 0.269 e. The summed E-state index contributed by atoms with van der Waals surface area (Å²) in [4.78, 5) is 28.2. The Morgan fingerprint density at radius 3 is 2.33 bits per heavy atom. The van der Waals surface area contributed by atoms with Gasteiger partial charge in [-0.2, -0.15) is 0 Å². The molecule has 1 atom stereocenters. The van der Waals surface area contributed by atoms with Crippen LogP contribution in [0.15, 0.2) is 24.3 Å². The number of rotatable bonds is 4. The molecule has 15 heavy (non-hydrogen) atoms. The Labute approximate surface area is 84.7 Å². The van der Waals surface area contributed by atoms with Crippen LogP contribution >= 0.6 is 7.82 Å². The Hall–Kier alpha value is -1.27. The van der Waals surface area contributed by atoms with Crippen molar-refractivity contribution >= 4 is 13.5 Å². The number of nitro benzene ring substituents is 1. The van der Waals surface area contributed by atoms with Gasteiger partial charge in [0.05, 0.1) is 11.5 Å². The van der Waals surface area contributed by atoms with Crippen LogP contribution < -0.4 is 4.89 Å². The number of nitrogens with zero attached hydrogens (tertiary/aromatic N) is 1. The minimum Gasteiger partial charge on any atom is -0.756 e. The van der Waals surface area contributed by atoms with Crippen molar-refractivity contribution in [1.29, 1.82) is 0 Å². The molecule has 0 heterocycles. The quantitative estimate of drug-likeness (QED) is 0.461. The van der Waals surface area contributed by atoms with Gasteiger partial charge in [0, 0.05) is 12.1 Å². The van der Waals surface area contributed by atoms with E-state index in [1.54, 1.807) is 0 Å². The first-order chi connectivity index (χ1) is 6.88. The maximum absolute atomic E-state index is 10.3. The monoisotopic (exact) mass is 232 g/mol. The van der Waals surface area contributed by atoms with E-state index in [9.17, 15) is 19.6 Å². The van der Waals surface area contributed by atoms with E-state index in [0.29, 0.717) is 5.56 Å². The Morgan fingerprint density at radius 2 is 1.93 bits per heavy atom. The minimum absolute atomic E-state index is 0.104. The molecule has 82 valence electrons. The number of nitro groups is 1. The summed E-state index contributed by atoms with van der Waals surface area (Å²) in [6.07, 6.45) is 0. The van der Waals surface area contributed by atoms with Crippen LogP contribution in [0.25, 0.3) is 0 Å². The Morgan fingerprint density at radius 1 is 1.40 bits per heavy atom. The molecule has 0 fully saturated rings. The zero-order chi connectivity index (χ0) is 11.5. The van der Waals surface area contributed by atoms with Crippen molar-refractivity contribution in [2.24, 2.45) is 0 Å². The highest BCUT2D eigenvalue weighted by Gasteiger charge is 2.06. The minimum atomic E-state index is -4.75. The summed E-state index contributed by atoms with van der Waals surface area (Å²) in [6, 6.07) is 5.11. The van der Waals surface area contributed by atoms with E-state index in [0.717, 1.165) is 0 Å². The lowest BCUT2D eigenvalue weighted by Gasteiger charge is -2.14. The molecule has 0 radical (unpaired) electrons. The molecule has 0 aliphatic carbocycles. The predicted octanol–water partition coefficient (Wildman–Crippen LogP) is 0.572. The molecule has 8 heteroatoms. The van der Waals surface area contributed by atoms with Gasteiger partial charge in [-0.15, -0.1) is 0 Å². The summed E-state index contributed by atoms with van der Waals surface area (Å²) in [5, 5.41) is 10.3. The molecular weight excluding hydrogens is 225 g/mol. The number of phosphoric acid groups is 1. The maximum Gasteiger partial charge on any atom is 0.269 e. The van der Waals surface area contributed by atoms with Crippen LogP contribution in [-0.2, 0) is 15.7 Å². The second-order valence-electron chi connectivity index (χ2n) is 2.67. The van der Waals surface area contributed by atoms with Gasteiger partial charge in [-0.1, -0.05) is 0 Å². The van der Waals surface area contributed by atoms with E-state index < -0.39 is 12.7 Å². The second kappa shape index (κ2) is 4.50. The first kappa shape index (κ1) is 11.8. The van der Waals surface area contributed by atoms with E-state index in [-0.39, 0.29) is 12.3 Å². The second-order valence-corrected chi connectivity index (χ2v) is 3.86. The molecule has 0 bridgehead atoms. The third-order valence-electron chi connectivity index (χ3n) is 1.54. The maximum atomic E-state index is 10.3. The summed E-state index contributed by atoms with van der Waals surface area (Å²) in [6.45, 7) is -0.352. The van der Waals surface area contributed by atoms with E-state index in [4.69, 9.17) is 4.89 Å². The molecule has 1 rings (SSSR count). The number of hydrogen-bond acceptors (Lipinski definition) is 5. The van der Waals surface area contributed by atoms with Gasteiger partial charge in [0.2, 0.25) is 0 Å². The van der Waals surface area contributed by atoms with Gasteiger partial charge in [0.25, 0.3) is 13.5 Å². The van der Waals surface area contributed by atoms with E-state index >= 15 is 0 Å². The highest BCUT2D eigenvalue weighted by atomic mass is 31.2. The van der Waals surface area contributed by atoms with Gasteiger partial charge in [0.1, 0.15) is 0 Å². The molecule has 1 aromatic carbocycles. The first-order valence-electron chi connectivity index (χ1n) is 3.80. The van der Waals surface area contributed by atoms with Crippen molar-refractivity contribution in [2.75, 3.05) is 0 Å². The lowest BCUT2D eigenvalue weighted by Crippen LogP contribution is -2.03. The van der Waals surface area contributed by atoms with Gasteiger partial charge in [-0.25, -0.2) is 0 Å². The molecule has 0 aliphatic rings. The molecule has 0 aliphatic heterocycles. The largest absolute Gasteiger partial charge is 0.756 e. The van der Waals surface area contributed by atoms with E-state index in [2.05, 4.69) is 4.52 Å². The highest BCUT2D eigenvalue weighted by Crippen LogP contribution is 2.31. The van der Waals surface area contributed by atoms with Gasteiger partial charge in [-0.3, -0.25) is 14.7 Å². The van der Waals surface area contributed by atoms with Crippen LogP contribution in [0, 0.1) is 10.1 Å². The molecule has 0 spiro atoms. The molecule has 0 amide bonds. The molecule has 1 aromatic rings. The molecule has 1 N–H and O–H groups in total. The molecule has 0 saturated carbocycles. The molecule has 0 saturated heterocycles. The fourth-order valence-corrected chi connectivity index (χ4v) is 1.18. The van der Waals surface area contributed by atoms with E-state index in [1.165, 1.54) is 24.3 Å². The number of hydrogen-bond donors (Lipinski definition) is 1. The summed E-state index contributed by atoms with van der Waals surface area (Å²) in [7, 11) is -4.75. The van der Waals surface area contributed by atoms with Crippen molar-refractivity contribution in [3.05, 3.63) is 39.9 Å². The SMILES string of the molecule is O=[N+]([O-])c1ccc(COP(=O)([O-])O)cc1. The summed E-state index contributed by atoms with van der Waals surface area (Å²) >= 11 is 0. The third-order valence-corrected chi connectivity index (χ3v) is 2.00. The van der Waals surface area contributed by atoms with Crippen LogP contribution in [0.2, 0.25) is 0 Å².